The summed E-state index contributed by atoms with van der Waals surface area (Å²) in [4.78, 5) is 0. The third-order valence-electron chi connectivity index (χ3n) is 1.53. The number of hydrogen-bond donors (Lipinski definition) is 0. The SMILES string of the molecule is Cc1ccoc1[C@H]1CO1. The molecule has 1 fully saturated rings. The Balaban J connectivity index is 2.35. The van der Waals surface area contributed by atoms with Crippen molar-refractivity contribution in [2.75, 3.05) is 6.61 Å². The first-order valence-corrected chi connectivity index (χ1v) is 3.03. The molecule has 2 nitrogen and oxygen atoms in total. The average Bonchev–Trinajstić information content (AvgIpc) is 2.58. The average molecular weight is 124 g/mol. The lowest BCUT2D eigenvalue weighted by Gasteiger charge is -1.87. The van der Waals surface area contributed by atoms with E-state index in [1.165, 1.54) is 5.56 Å². The van der Waals surface area contributed by atoms with Crippen molar-refractivity contribution in [1.29, 1.82) is 0 Å². The molecule has 48 valence electrons. The minimum atomic E-state index is 0.264. The van der Waals surface area contributed by atoms with E-state index in [-0.39, 0.29) is 6.10 Å². The molecule has 1 aromatic heterocycles. The Labute approximate surface area is 53.4 Å². The predicted octanol–water partition coefficient (Wildman–Crippen LogP) is 1.66. The number of ether oxygens (including phenoxy) is 1. The van der Waals surface area contributed by atoms with Crippen LogP contribution in [0.2, 0.25) is 0 Å². The predicted molar refractivity (Wildman–Crippen MR) is 32.1 cm³/mol. The van der Waals surface area contributed by atoms with Crippen molar-refractivity contribution in [2.45, 2.75) is 13.0 Å². The molecule has 0 spiro atoms. The van der Waals surface area contributed by atoms with Gasteiger partial charge in [-0.25, -0.2) is 0 Å². The fraction of sp³-hybridized carbons (Fsp3) is 0.429. The second-order valence-corrected chi connectivity index (χ2v) is 2.29. The minimum absolute atomic E-state index is 0.264. The zero-order chi connectivity index (χ0) is 6.27. The Hall–Kier alpha value is -0.760. The lowest BCUT2D eigenvalue weighted by Crippen LogP contribution is -1.76. The summed E-state index contributed by atoms with van der Waals surface area (Å²) in [6, 6.07) is 1.96. The molecule has 0 aromatic carbocycles. The molecule has 2 heterocycles. The van der Waals surface area contributed by atoms with Crippen LogP contribution >= 0.6 is 0 Å². The van der Waals surface area contributed by atoms with Gasteiger partial charge in [-0.15, -0.1) is 0 Å². The number of hydrogen-bond acceptors (Lipinski definition) is 2. The molecule has 2 rings (SSSR count). The van der Waals surface area contributed by atoms with Crippen LogP contribution in [0.1, 0.15) is 17.4 Å². The van der Waals surface area contributed by atoms with Gasteiger partial charge in [0.1, 0.15) is 11.9 Å². The van der Waals surface area contributed by atoms with Crippen LogP contribution in [0.5, 0.6) is 0 Å². The maximum absolute atomic E-state index is 5.16. The van der Waals surface area contributed by atoms with Crippen LogP contribution < -0.4 is 0 Å². The van der Waals surface area contributed by atoms with Crippen LogP contribution in [-0.4, -0.2) is 6.61 Å². The molecular formula is C7H8O2. The van der Waals surface area contributed by atoms with Crippen LogP contribution in [0.3, 0.4) is 0 Å². The third-order valence-corrected chi connectivity index (χ3v) is 1.53. The molecule has 1 atom stereocenters. The van der Waals surface area contributed by atoms with Gasteiger partial charge in [-0.3, -0.25) is 0 Å². The number of aryl methyl sites for hydroxylation is 1. The van der Waals surface area contributed by atoms with E-state index < -0.39 is 0 Å². The normalized spacial score (nSPS) is 24.3. The van der Waals surface area contributed by atoms with E-state index in [0.29, 0.717) is 0 Å². The van der Waals surface area contributed by atoms with E-state index in [1.54, 1.807) is 6.26 Å². The maximum atomic E-state index is 5.16. The smallest absolute Gasteiger partial charge is 0.139 e. The van der Waals surface area contributed by atoms with Gasteiger partial charge in [0, 0.05) is 0 Å². The van der Waals surface area contributed by atoms with E-state index in [9.17, 15) is 0 Å². The van der Waals surface area contributed by atoms with Crippen LogP contribution in [-0.2, 0) is 4.74 Å². The number of rotatable bonds is 1. The molecule has 0 saturated carbocycles. The summed E-state index contributed by atoms with van der Waals surface area (Å²) in [6.45, 7) is 2.86. The summed E-state index contributed by atoms with van der Waals surface area (Å²) in [5.74, 6) is 0.995. The summed E-state index contributed by atoms with van der Waals surface area (Å²) >= 11 is 0. The lowest BCUT2D eigenvalue weighted by atomic mass is 10.2. The molecule has 0 radical (unpaired) electrons. The number of epoxide rings is 1. The van der Waals surface area contributed by atoms with E-state index in [2.05, 4.69) is 0 Å². The van der Waals surface area contributed by atoms with Crippen molar-refractivity contribution in [3.05, 3.63) is 23.7 Å². The van der Waals surface area contributed by atoms with E-state index >= 15 is 0 Å². The van der Waals surface area contributed by atoms with Crippen LogP contribution in [0.4, 0.5) is 0 Å². The first-order valence-electron chi connectivity index (χ1n) is 3.03. The fourth-order valence-corrected chi connectivity index (χ4v) is 0.914. The molecule has 2 heteroatoms. The van der Waals surface area contributed by atoms with Crippen molar-refractivity contribution >= 4 is 0 Å². The topological polar surface area (TPSA) is 25.7 Å². The van der Waals surface area contributed by atoms with E-state index in [0.717, 1.165) is 12.4 Å². The lowest BCUT2D eigenvalue weighted by molar-refractivity contribution is 0.369. The Morgan fingerprint density at radius 1 is 1.67 bits per heavy atom. The summed E-state index contributed by atoms with van der Waals surface area (Å²) in [5.41, 5.74) is 1.19. The molecule has 0 amide bonds. The molecule has 9 heavy (non-hydrogen) atoms. The maximum Gasteiger partial charge on any atom is 0.139 e. The molecule has 0 N–H and O–H groups in total. The highest BCUT2D eigenvalue weighted by molar-refractivity contribution is 5.19. The zero-order valence-electron chi connectivity index (χ0n) is 5.26. The third kappa shape index (κ3) is 0.754. The van der Waals surface area contributed by atoms with Crippen LogP contribution in [0, 0.1) is 6.92 Å². The van der Waals surface area contributed by atoms with E-state index in [1.807, 2.05) is 13.0 Å². The first kappa shape index (κ1) is 5.06. The molecular weight excluding hydrogens is 116 g/mol. The molecule has 1 aromatic rings. The molecule has 1 aliphatic rings. The molecule has 1 aliphatic heterocycles. The van der Waals surface area contributed by atoms with Gasteiger partial charge in [0.2, 0.25) is 0 Å². The zero-order valence-corrected chi connectivity index (χ0v) is 5.26. The Morgan fingerprint density at radius 2 is 2.44 bits per heavy atom. The summed E-state index contributed by atoms with van der Waals surface area (Å²) < 4.78 is 10.2. The summed E-state index contributed by atoms with van der Waals surface area (Å²) in [7, 11) is 0. The van der Waals surface area contributed by atoms with Gasteiger partial charge >= 0.3 is 0 Å². The van der Waals surface area contributed by atoms with Crippen molar-refractivity contribution in [2.24, 2.45) is 0 Å². The monoisotopic (exact) mass is 124 g/mol. The molecule has 0 unspecified atom stereocenters. The van der Waals surface area contributed by atoms with Gasteiger partial charge in [-0.2, -0.15) is 0 Å². The van der Waals surface area contributed by atoms with Gasteiger partial charge in [-0.1, -0.05) is 0 Å². The molecule has 1 saturated heterocycles. The Bertz CT molecular complexity index is 210. The quantitative estimate of drug-likeness (QED) is 0.532. The standard InChI is InChI=1S/C7H8O2/c1-5-2-3-8-7(5)6-4-9-6/h2-3,6H,4H2,1H3/t6-/m1/s1. The van der Waals surface area contributed by atoms with Crippen molar-refractivity contribution in [3.63, 3.8) is 0 Å². The second-order valence-electron chi connectivity index (χ2n) is 2.29. The van der Waals surface area contributed by atoms with Gasteiger partial charge in [0.05, 0.1) is 12.9 Å². The Kier molecular flexibility index (Phi) is 0.904. The molecule has 0 aliphatic carbocycles. The summed E-state index contributed by atoms with van der Waals surface area (Å²) in [5, 5.41) is 0. The highest BCUT2D eigenvalue weighted by Crippen LogP contribution is 2.32. The fourth-order valence-electron chi connectivity index (χ4n) is 0.914. The summed E-state index contributed by atoms with van der Waals surface area (Å²) in [6.07, 6.45) is 1.96. The van der Waals surface area contributed by atoms with Gasteiger partial charge < -0.3 is 9.15 Å². The van der Waals surface area contributed by atoms with Crippen LogP contribution in [0.25, 0.3) is 0 Å². The van der Waals surface area contributed by atoms with Crippen molar-refractivity contribution < 1.29 is 9.15 Å². The number of furan rings is 1. The minimum Gasteiger partial charge on any atom is -0.466 e. The largest absolute Gasteiger partial charge is 0.466 e. The van der Waals surface area contributed by atoms with Crippen molar-refractivity contribution in [3.8, 4) is 0 Å². The highest BCUT2D eigenvalue weighted by Gasteiger charge is 2.29. The van der Waals surface area contributed by atoms with Gasteiger partial charge in [0.25, 0.3) is 0 Å². The first-order chi connectivity index (χ1) is 4.38. The Morgan fingerprint density at radius 3 is 2.89 bits per heavy atom. The van der Waals surface area contributed by atoms with Gasteiger partial charge in [-0.05, 0) is 18.6 Å². The van der Waals surface area contributed by atoms with Crippen LogP contribution in [0.15, 0.2) is 16.7 Å². The highest BCUT2D eigenvalue weighted by atomic mass is 16.6. The second kappa shape index (κ2) is 1.61. The van der Waals surface area contributed by atoms with E-state index in [4.69, 9.17) is 9.15 Å². The van der Waals surface area contributed by atoms with Gasteiger partial charge in [0.15, 0.2) is 0 Å². The molecule has 0 bridgehead atoms. The van der Waals surface area contributed by atoms with Crippen molar-refractivity contribution in [1.82, 2.24) is 0 Å².